The second kappa shape index (κ2) is 10.0. The number of benzene rings is 1. The summed E-state index contributed by atoms with van der Waals surface area (Å²) in [5.74, 6) is 0.00431. The summed E-state index contributed by atoms with van der Waals surface area (Å²) in [6.45, 7) is 6.79. The summed E-state index contributed by atoms with van der Waals surface area (Å²) < 4.78 is 20.0. The van der Waals surface area contributed by atoms with E-state index < -0.39 is 11.9 Å². The van der Waals surface area contributed by atoms with E-state index in [1.54, 1.807) is 24.3 Å². The molecule has 22 heavy (non-hydrogen) atoms. The quantitative estimate of drug-likeness (QED) is 0.486. The summed E-state index contributed by atoms with van der Waals surface area (Å²) in [7, 11) is 0. The van der Waals surface area contributed by atoms with Gasteiger partial charge in [0.05, 0.1) is 0 Å². The van der Waals surface area contributed by atoms with Crippen molar-refractivity contribution in [2.45, 2.75) is 0 Å². The Morgan fingerprint density at radius 3 is 1.50 bits per heavy atom. The topological polar surface area (TPSA) is 71.1 Å². The van der Waals surface area contributed by atoms with Gasteiger partial charge in [0.2, 0.25) is 0 Å². The molecule has 0 aliphatic rings. The number of esters is 2. The first kappa shape index (κ1) is 17.3. The van der Waals surface area contributed by atoms with Crippen LogP contribution in [0.25, 0.3) is 0 Å². The van der Waals surface area contributed by atoms with E-state index in [-0.39, 0.29) is 26.4 Å². The molecule has 0 N–H and O–H groups in total. The summed E-state index contributed by atoms with van der Waals surface area (Å²) in [6.07, 6.45) is 2.95. The zero-order valence-electron chi connectivity index (χ0n) is 12.2. The van der Waals surface area contributed by atoms with Crippen molar-refractivity contribution in [3.63, 3.8) is 0 Å². The van der Waals surface area contributed by atoms with Gasteiger partial charge in [-0.2, -0.15) is 0 Å². The van der Waals surface area contributed by atoms with Gasteiger partial charge in [0.15, 0.2) is 13.2 Å². The first-order valence-corrected chi connectivity index (χ1v) is 6.54. The largest absolute Gasteiger partial charge is 0.482 e. The van der Waals surface area contributed by atoms with Crippen LogP contribution in [-0.2, 0) is 19.1 Å². The first-order valence-electron chi connectivity index (χ1n) is 6.54. The fourth-order valence-corrected chi connectivity index (χ4v) is 1.30. The maximum Gasteiger partial charge on any atom is 0.344 e. The van der Waals surface area contributed by atoms with E-state index in [9.17, 15) is 9.59 Å². The van der Waals surface area contributed by atoms with Crippen LogP contribution in [0.4, 0.5) is 0 Å². The van der Waals surface area contributed by atoms with Crippen LogP contribution < -0.4 is 9.47 Å². The van der Waals surface area contributed by atoms with Gasteiger partial charge < -0.3 is 18.9 Å². The zero-order valence-corrected chi connectivity index (χ0v) is 12.2. The maximum atomic E-state index is 11.2. The van der Waals surface area contributed by atoms with Crippen LogP contribution in [0.2, 0.25) is 0 Å². The molecule has 0 radical (unpaired) electrons. The lowest BCUT2D eigenvalue weighted by Gasteiger charge is -2.08. The molecule has 0 heterocycles. The number of ether oxygens (including phenoxy) is 4. The lowest BCUT2D eigenvalue weighted by atomic mass is 10.3. The molecule has 0 amide bonds. The maximum absolute atomic E-state index is 11.2. The van der Waals surface area contributed by atoms with Gasteiger partial charge in [0.1, 0.15) is 24.7 Å². The molecule has 0 fully saturated rings. The van der Waals surface area contributed by atoms with Crippen LogP contribution in [-0.4, -0.2) is 38.4 Å². The van der Waals surface area contributed by atoms with Crippen LogP contribution in [0.5, 0.6) is 11.5 Å². The molecule has 0 unspecified atom stereocenters. The molecule has 0 atom stereocenters. The van der Waals surface area contributed by atoms with Gasteiger partial charge in [0, 0.05) is 0 Å². The van der Waals surface area contributed by atoms with Gasteiger partial charge in [-0.3, -0.25) is 0 Å². The molecular weight excluding hydrogens is 288 g/mol. The van der Waals surface area contributed by atoms with Gasteiger partial charge in [-0.05, 0) is 24.3 Å². The predicted molar refractivity (Wildman–Crippen MR) is 79.7 cm³/mol. The summed E-state index contributed by atoms with van der Waals surface area (Å²) >= 11 is 0. The minimum absolute atomic E-state index is 0.150. The summed E-state index contributed by atoms with van der Waals surface area (Å²) in [6, 6.07) is 6.47. The lowest BCUT2D eigenvalue weighted by molar-refractivity contribution is -0.145. The third kappa shape index (κ3) is 7.14. The van der Waals surface area contributed by atoms with Gasteiger partial charge in [-0.15, -0.1) is 0 Å². The predicted octanol–water partition coefficient (Wildman–Crippen LogP) is 1.90. The Bertz CT molecular complexity index is 459. The Morgan fingerprint density at radius 2 is 1.18 bits per heavy atom. The van der Waals surface area contributed by atoms with E-state index in [0.717, 1.165) is 0 Å². The molecule has 0 bridgehead atoms. The molecule has 0 aliphatic carbocycles. The number of hydrogen-bond acceptors (Lipinski definition) is 6. The molecule has 0 aromatic heterocycles. The zero-order chi connectivity index (χ0) is 16.2. The fraction of sp³-hybridized carbons (Fsp3) is 0.250. The number of hydrogen-bond donors (Lipinski definition) is 0. The molecule has 0 saturated heterocycles. The van der Waals surface area contributed by atoms with Crippen molar-refractivity contribution < 1.29 is 28.5 Å². The van der Waals surface area contributed by atoms with Crippen LogP contribution in [0.1, 0.15) is 0 Å². The van der Waals surface area contributed by atoms with Crippen LogP contribution in [0.3, 0.4) is 0 Å². The van der Waals surface area contributed by atoms with Gasteiger partial charge >= 0.3 is 11.9 Å². The highest BCUT2D eigenvalue weighted by atomic mass is 16.6. The van der Waals surface area contributed by atoms with E-state index in [1.165, 1.54) is 12.2 Å². The lowest BCUT2D eigenvalue weighted by Crippen LogP contribution is -2.15. The fourth-order valence-electron chi connectivity index (χ4n) is 1.30. The molecular formula is C16H18O6. The smallest absolute Gasteiger partial charge is 0.344 e. The second-order valence-corrected chi connectivity index (χ2v) is 3.99. The van der Waals surface area contributed by atoms with Crippen LogP contribution in [0.15, 0.2) is 49.6 Å². The molecule has 0 spiro atoms. The molecule has 0 saturated carbocycles. The van der Waals surface area contributed by atoms with Crippen molar-refractivity contribution in [3.8, 4) is 11.5 Å². The molecule has 1 rings (SSSR count). The standard InChI is InChI=1S/C16H18O6/c1-3-9-19-15(17)11-21-13-5-7-14(8-6-13)22-12-16(18)20-10-4-2/h3-8H,1-2,9-12H2. The third-order valence-electron chi connectivity index (χ3n) is 2.26. The van der Waals surface area contributed by atoms with Crippen molar-refractivity contribution in [2.24, 2.45) is 0 Å². The number of carbonyl (C=O) groups is 2. The van der Waals surface area contributed by atoms with Crippen molar-refractivity contribution in [1.29, 1.82) is 0 Å². The molecule has 1 aromatic carbocycles. The van der Waals surface area contributed by atoms with E-state index >= 15 is 0 Å². The molecule has 118 valence electrons. The Hall–Kier alpha value is -2.76. The molecule has 1 aromatic rings. The van der Waals surface area contributed by atoms with E-state index in [2.05, 4.69) is 13.2 Å². The molecule has 6 nitrogen and oxygen atoms in total. The molecule has 0 aliphatic heterocycles. The van der Waals surface area contributed by atoms with Crippen molar-refractivity contribution >= 4 is 11.9 Å². The van der Waals surface area contributed by atoms with Crippen molar-refractivity contribution in [1.82, 2.24) is 0 Å². The SMILES string of the molecule is C=CCOC(=O)COc1ccc(OCC(=O)OCC=C)cc1. The minimum Gasteiger partial charge on any atom is -0.482 e. The van der Waals surface area contributed by atoms with Crippen LogP contribution >= 0.6 is 0 Å². The summed E-state index contributed by atoms with van der Waals surface area (Å²) in [4.78, 5) is 22.5. The highest BCUT2D eigenvalue weighted by molar-refractivity contribution is 5.71. The molecule has 6 heteroatoms. The number of rotatable bonds is 10. The Balaban J connectivity index is 2.33. The van der Waals surface area contributed by atoms with E-state index in [1.807, 2.05) is 0 Å². The first-order chi connectivity index (χ1) is 10.7. The average molecular weight is 306 g/mol. The Labute approximate surface area is 128 Å². The van der Waals surface area contributed by atoms with Crippen LogP contribution in [0, 0.1) is 0 Å². The van der Waals surface area contributed by atoms with Gasteiger partial charge in [-0.1, -0.05) is 25.3 Å². The highest BCUT2D eigenvalue weighted by Crippen LogP contribution is 2.17. The average Bonchev–Trinajstić information content (AvgIpc) is 2.55. The van der Waals surface area contributed by atoms with Gasteiger partial charge in [-0.25, -0.2) is 9.59 Å². The summed E-state index contributed by atoms with van der Waals surface area (Å²) in [5, 5.41) is 0. The highest BCUT2D eigenvalue weighted by Gasteiger charge is 2.05. The summed E-state index contributed by atoms with van der Waals surface area (Å²) in [5.41, 5.74) is 0. The van der Waals surface area contributed by atoms with Crippen molar-refractivity contribution in [2.75, 3.05) is 26.4 Å². The van der Waals surface area contributed by atoms with E-state index in [0.29, 0.717) is 11.5 Å². The monoisotopic (exact) mass is 306 g/mol. The second-order valence-electron chi connectivity index (χ2n) is 3.99. The number of carbonyl (C=O) groups excluding carboxylic acids is 2. The minimum atomic E-state index is -0.481. The Kier molecular flexibility index (Phi) is 7.89. The third-order valence-corrected chi connectivity index (χ3v) is 2.26. The normalized spacial score (nSPS) is 9.45. The van der Waals surface area contributed by atoms with E-state index in [4.69, 9.17) is 18.9 Å². The van der Waals surface area contributed by atoms with Gasteiger partial charge in [0.25, 0.3) is 0 Å². The van der Waals surface area contributed by atoms with Crippen molar-refractivity contribution in [3.05, 3.63) is 49.6 Å². The Morgan fingerprint density at radius 1 is 0.818 bits per heavy atom.